The van der Waals surface area contributed by atoms with Crippen molar-refractivity contribution in [2.24, 2.45) is 5.14 Å². The predicted octanol–water partition coefficient (Wildman–Crippen LogP) is 1.57. The van der Waals surface area contributed by atoms with Crippen LogP contribution in [-0.4, -0.2) is 28.7 Å². The van der Waals surface area contributed by atoms with Gasteiger partial charge >= 0.3 is 0 Å². The van der Waals surface area contributed by atoms with E-state index in [1.54, 1.807) is 19.2 Å². The number of fused-ring (bicyclic) bond motifs is 1. The van der Waals surface area contributed by atoms with E-state index >= 15 is 0 Å². The number of methoxy groups -OCH3 is 1. The Kier molecular flexibility index (Phi) is 3.86. The lowest BCUT2D eigenvalue weighted by Gasteiger charge is -2.05. The molecule has 0 aliphatic rings. The number of sulfonamides is 1. The zero-order chi connectivity index (χ0) is 13.2. The molecule has 98 valence electrons. The van der Waals surface area contributed by atoms with Gasteiger partial charge in [0.15, 0.2) is 0 Å². The molecule has 0 saturated carbocycles. The van der Waals surface area contributed by atoms with E-state index in [0.29, 0.717) is 19.0 Å². The van der Waals surface area contributed by atoms with Crippen LogP contribution >= 0.6 is 11.3 Å². The third-order valence-corrected chi connectivity index (χ3v) is 4.90. The lowest BCUT2D eigenvalue weighted by atomic mass is 10.2. The topological polar surface area (TPSA) is 78.6 Å². The van der Waals surface area contributed by atoms with E-state index in [1.165, 1.54) is 0 Å². The maximum absolute atomic E-state index is 11.3. The van der Waals surface area contributed by atoms with Gasteiger partial charge in [0, 0.05) is 7.11 Å². The van der Waals surface area contributed by atoms with Crippen LogP contribution in [0.5, 0.6) is 5.75 Å². The van der Waals surface area contributed by atoms with E-state index in [9.17, 15) is 8.42 Å². The molecular weight excluding hydrogens is 274 g/mol. The monoisotopic (exact) mass is 287 g/mol. The second-order valence-corrected chi connectivity index (χ2v) is 6.47. The number of hydrogen-bond donors (Lipinski definition) is 1. The van der Waals surface area contributed by atoms with Gasteiger partial charge in [0.05, 0.1) is 11.3 Å². The standard InChI is InChI=1S/C11H13NO4S2/c1-15-5-6-16-9-4-2-3-8-7-10(17-11(8)9)18(12,13)14/h2-4,7H,5-6H2,1H3,(H2,12,13,14). The van der Waals surface area contributed by atoms with Crippen LogP contribution in [0.3, 0.4) is 0 Å². The molecule has 5 nitrogen and oxygen atoms in total. The Bertz CT molecular complexity index is 648. The third kappa shape index (κ3) is 2.81. The second-order valence-electron chi connectivity index (χ2n) is 3.63. The van der Waals surface area contributed by atoms with Gasteiger partial charge in [-0.25, -0.2) is 13.6 Å². The van der Waals surface area contributed by atoms with Crippen molar-refractivity contribution in [3.63, 3.8) is 0 Å². The van der Waals surface area contributed by atoms with Gasteiger partial charge in [0.2, 0.25) is 10.0 Å². The first-order valence-corrected chi connectivity index (χ1v) is 7.56. The van der Waals surface area contributed by atoms with E-state index in [0.717, 1.165) is 21.4 Å². The highest BCUT2D eigenvalue weighted by molar-refractivity contribution is 7.91. The number of thiophene rings is 1. The van der Waals surface area contributed by atoms with E-state index in [4.69, 9.17) is 14.6 Å². The van der Waals surface area contributed by atoms with Crippen molar-refractivity contribution in [3.8, 4) is 5.75 Å². The van der Waals surface area contributed by atoms with Gasteiger partial charge < -0.3 is 9.47 Å². The van der Waals surface area contributed by atoms with Crippen LogP contribution in [0.25, 0.3) is 10.1 Å². The molecule has 0 atom stereocenters. The number of rotatable bonds is 5. The maximum Gasteiger partial charge on any atom is 0.247 e. The summed E-state index contributed by atoms with van der Waals surface area (Å²) in [6, 6.07) is 6.98. The lowest BCUT2D eigenvalue weighted by molar-refractivity contribution is 0.147. The number of benzene rings is 1. The van der Waals surface area contributed by atoms with Crippen molar-refractivity contribution < 1.29 is 17.9 Å². The molecule has 0 radical (unpaired) electrons. The predicted molar refractivity (Wildman–Crippen MR) is 70.6 cm³/mol. The average Bonchev–Trinajstić information content (AvgIpc) is 2.73. The number of nitrogens with two attached hydrogens (primary N) is 1. The third-order valence-electron chi connectivity index (χ3n) is 2.31. The number of hydrogen-bond acceptors (Lipinski definition) is 5. The van der Waals surface area contributed by atoms with Gasteiger partial charge in [-0.2, -0.15) is 0 Å². The minimum Gasteiger partial charge on any atom is -0.490 e. The first kappa shape index (κ1) is 13.3. The summed E-state index contributed by atoms with van der Waals surface area (Å²) >= 11 is 1.11. The van der Waals surface area contributed by atoms with E-state index in [2.05, 4.69) is 0 Å². The number of primary sulfonamides is 1. The Morgan fingerprint density at radius 3 is 2.78 bits per heavy atom. The Labute approximate surface area is 109 Å². The fourth-order valence-electron chi connectivity index (χ4n) is 1.50. The quantitative estimate of drug-likeness (QED) is 0.847. The van der Waals surface area contributed by atoms with Crippen LogP contribution in [-0.2, 0) is 14.8 Å². The van der Waals surface area contributed by atoms with Gasteiger partial charge in [-0.1, -0.05) is 12.1 Å². The van der Waals surface area contributed by atoms with Crippen molar-refractivity contribution in [3.05, 3.63) is 24.3 Å². The van der Waals surface area contributed by atoms with Gasteiger partial charge in [-0.3, -0.25) is 0 Å². The molecule has 18 heavy (non-hydrogen) atoms. The molecule has 0 aliphatic heterocycles. The summed E-state index contributed by atoms with van der Waals surface area (Å²) in [7, 11) is -2.08. The second kappa shape index (κ2) is 5.23. The van der Waals surface area contributed by atoms with Crippen LogP contribution < -0.4 is 9.88 Å². The molecule has 2 N–H and O–H groups in total. The van der Waals surface area contributed by atoms with E-state index in [1.807, 2.05) is 12.1 Å². The zero-order valence-electron chi connectivity index (χ0n) is 9.75. The molecule has 0 aliphatic carbocycles. The summed E-state index contributed by atoms with van der Waals surface area (Å²) in [5.74, 6) is 0.643. The molecule has 1 heterocycles. The highest BCUT2D eigenvalue weighted by Gasteiger charge is 2.14. The largest absolute Gasteiger partial charge is 0.490 e. The Morgan fingerprint density at radius 1 is 1.33 bits per heavy atom. The van der Waals surface area contributed by atoms with Crippen molar-refractivity contribution in [1.82, 2.24) is 0 Å². The molecule has 0 bridgehead atoms. The molecule has 7 heteroatoms. The minimum absolute atomic E-state index is 0.139. The van der Waals surface area contributed by atoms with Crippen LogP contribution in [0, 0.1) is 0 Å². The fourth-order valence-corrected chi connectivity index (χ4v) is 3.37. The molecule has 2 aromatic rings. The Balaban J connectivity index is 2.40. The molecule has 2 rings (SSSR count). The Morgan fingerprint density at radius 2 is 2.11 bits per heavy atom. The van der Waals surface area contributed by atoms with Gasteiger partial charge in [-0.05, 0) is 17.5 Å². The summed E-state index contributed by atoms with van der Waals surface area (Å²) in [6.07, 6.45) is 0. The zero-order valence-corrected chi connectivity index (χ0v) is 11.4. The molecule has 0 amide bonds. The molecule has 0 fully saturated rings. The van der Waals surface area contributed by atoms with Crippen LogP contribution in [0.1, 0.15) is 0 Å². The summed E-state index contributed by atoms with van der Waals surface area (Å²) in [5, 5.41) is 5.92. The maximum atomic E-state index is 11.3. The fraction of sp³-hybridized carbons (Fsp3) is 0.273. The highest BCUT2D eigenvalue weighted by atomic mass is 32.2. The van der Waals surface area contributed by atoms with Crippen molar-refractivity contribution in [2.45, 2.75) is 4.21 Å². The Hall–Kier alpha value is -1.15. The summed E-state index contributed by atoms with van der Waals surface area (Å²) in [6.45, 7) is 0.891. The average molecular weight is 287 g/mol. The van der Waals surface area contributed by atoms with Gasteiger partial charge in [0.1, 0.15) is 16.6 Å². The van der Waals surface area contributed by atoms with Gasteiger partial charge in [0.25, 0.3) is 0 Å². The molecule has 0 saturated heterocycles. The van der Waals surface area contributed by atoms with Crippen molar-refractivity contribution in [2.75, 3.05) is 20.3 Å². The minimum atomic E-state index is -3.67. The first-order valence-electron chi connectivity index (χ1n) is 5.19. The van der Waals surface area contributed by atoms with Crippen molar-refractivity contribution in [1.29, 1.82) is 0 Å². The summed E-state index contributed by atoms with van der Waals surface area (Å²) < 4.78 is 34.0. The summed E-state index contributed by atoms with van der Waals surface area (Å²) in [5.41, 5.74) is 0. The lowest BCUT2D eigenvalue weighted by Crippen LogP contribution is -2.09. The first-order chi connectivity index (χ1) is 8.52. The van der Waals surface area contributed by atoms with Gasteiger partial charge in [-0.15, -0.1) is 11.3 Å². The van der Waals surface area contributed by atoms with Crippen LogP contribution in [0.4, 0.5) is 0 Å². The van der Waals surface area contributed by atoms with Crippen molar-refractivity contribution >= 4 is 31.4 Å². The highest BCUT2D eigenvalue weighted by Crippen LogP contribution is 2.35. The van der Waals surface area contributed by atoms with E-state index < -0.39 is 10.0 Å². The molecule has 1 aromatic carbocycles. The smallest absolute Gasteiger partial charge is 0.247 e. The normalized spacial score (nSPS) is 11.9. The van der Waals surface area contributed by atoms with Crippen LogP contribution in [0.15, 0.2) is 28.5 Å². The molecular formula is C11H13NO4S2. The summed E-state index contributed by atoms with van der Waals surface area (Å²) in [4.78, 5) is 0. The van der Waals surface area contributed by atoms with E-state index in [-0.39, 0.29) is 4.21 Å². The molecule has 1 aromatic heterocycles. The van der Waals surface area contributed by atoms with Crippen LogP contribution in [0.2, 0.25) is 0 Å². The number of ether oxygens (including phenoxy) is 2. The SMILES string of the molecule is COCCOc1cccc2cc(S(N)(=O)=O)sc12. The molecule has 0 spiro atoms. The molecule has 0 unspecified atom stereocenters.